The average molecular weight is 344 g/mol. The van der Waals surface area contributed by atoms with Crippen molar-refractivity contribution >= 4 is 11.8 Å². The first kappa shape index (κ1) is 18.6. The second kappa shape index (κ2) is 7.01. The number of halogens is 3. The minimum atomic E-state index is -4.47. The fourth-order valence-electron chi connectivity index (χ4n) is 2.66. The summed E-state index contributed by atoms with van der Waals surface area (Å²) >= 11 is 0. The molecule has 0 bridgehead atoms. The van der Waals surface area contributed by atoms with Gasteiger partial charge in [-0.15, -0.1) is 0 Å². The lowest BCUT2D eigenvalue weighted by Crippen LogP contribution is -2.27. The van der Waals surface area contributed by atoms with Gasteiger partial charge < -0.3 is 4.74 Å². The van der Waals surface area contributed by atoms with E-state index < -0.39 is 23.4 Å². The van der Waals surface area contributed by atoms with Gasteiger partial charge in [-0.05, 0) is 64.4 Å². The molecular weight excluding hydrogens is 321 g/mol. The Morgan fingerprint density at radius 3 is 2.38 bits per heavy atom. The van der Waals surface area contributed by atoms with Crippen molar-refractivity contribution in [3.05, 3.63) is 29.3 Å². The van der Waals surface area contributed by atoms with Gasteiger partial charge in [0.1, 0.15) is 5.60 Å². The Labute approximate surface area is 140 Å². The van der Waals surface area contributed by atoms with Crippen molar-refractivity contribution in [1.29, 1.82) is 0 Å². The van der Waals surface area contributed by atoms with E-state index in [0.717, 1.165) is 32.0 Å². The predicted molar refractivity (Wildman–Crippen MR) is 85.8 cm³/mol. The van der Waals surface area contributed by atoms with Crippen LogP contribution in [0.3, 0.4) is 0 Å². The van der Waals surface area contributed by atoms with Gasteiger partial charge in [-0.3, -0.25) is 10.2 Å². The highest BCUT2D eigenvalue weighted by Crippen LogP contribution is 2.35. The predicted octanol–water partition coefficient (Wildman–Crippen LogP) is 4.65. The third kappa shape index (κ3) is 5.40. The highest BCUT2D eigenvalue weighted by atomic mass is 19.4. The molecule has 24 heavy (non-hydrogen) atoms. The molecule has 0 aliphatic carbocycles. The van der Waals surface area contributed by atoms with Gasteiger partial charge >= 0.3 is 12.3 Å². The summed E-state index contributed by atoms with van der Waals surface area (Å²) in [5, 5.41) is 2.36. The van der Waals surface area contributed by atoms with Gasteiger partial charge in [0, 0.05) is 12.2 Å². The minimum Gasteiger partial charge on any atom is -0.444 e. The monoisotopic (exact) mass is 344 g/mol. The zero-order valence-electron chi connectivity index (χ0n) is 14.2. The van der Waals surface area contributed by atoms with Gasteiger partial charge in [0.15, 0.2) is 0 Å². The number of benzene rings is 1. The van der Waals surface area contributed by atoms with E-state index in [-0.39, 0.29) is 17.8 Å². The van der Waals surface area contributed by atoms with Crippen molar-refractivity contribution in [1.82, 2.24) is 4.90 Å². The van der Waals surface area contributed by atoms with Crippen LogP contribution in [0.5, 0.6) is 0 Å². The number of amides is 1. The molecule has 0 spiro atoms. The first-order valence-electron chi connectivity index (χ1n) is 7.97. The SMILES string of the molecule is CC(C)(C)OC(=O)Nc1ccc(CN2CCCC2)c(C(F)(F)F)c1. The maximum Gasteiger partial charge on any atom is 0.416 e. The number of anilines is 1. The van der Waals surface area contributed by atoms with Crippen molar-refractivity contribution in [3.63, 3.8) is 0 Å². The summed E-state index contributed by atoms with van der Waals surface area (Å²) < 4.78 is 45.1. The van der Waals surface area contributed by atoms with Gasteiger partial charge in [0.2, 0.25) is 0 Å². The molecular formula is C17H23F3N2O2. The van der Waals surface area contributed by atoms with Crippen molar-refractivity contribution in [3.8, 4) is 0 Å². The molecule has 0 atom stereocenters. The van der Waals surface area contributed by atoms with Crippen LogP contribution in [0.15, 0.2) is 18.2 Å². The van der Waals surface area contributed by atoms with E-state index in [1.165, 1.54) is 12.1 Å². The molecule has 0 unspecified atom stereocenters. The van der Waals surface area contributed by atoms with Crippen LogP contribution in [0, 0.1) is 0 Å². The number of likely N-dealkylation sites (tertiary alicyclic amines) is 1. The van der Waals surface area contributed by atoms with Crippen molar-refractivity contribution < 1.29 is 22.7 Å². The lowest BCUT2D eigenvalue weighted by molar-refractivity contribution is -0.138. The van der Waals surface area contributed by atoms with E-state index in [1.807, 2.05) is 4.90 Å². The number of alkyl halides is 3. The zero-order chi connectivity index (χ0) is 18.0. The van der Waals surface area contributed by atoms with E-state index in [9.17, 15) is 18.0 Å². The van der Waals surface area contributed by atoms with Gasteiger partial charge in [0.25, 0.3) is 0 Å². The number of hydrogen-bond acceptors (Lipinski definition) is 3. The van der Waals surface area contributed by atoms with Crippen LogP contribution < -0.4 is 5.32 Å². The lowest BCUT2D eigenvalue weighted by atomic mass is 10.1. The summed E-state index contributed by atoms with van der Waals surface area (Å²) in [6, 6.07) is 3.87. The molecule has 1 heterocycles. The van der Waals surface area contributed by atoms with E-state index in [2.05, 4.69) is 5.32 Å². The molecule has 1 aromatic carbocycles. The second-order valence-electron chi connectivity index (χ2n) is 6.98. The van der Waals surface area contributed by atoms with E-state index in [4.69, 9.17) is 4.74 Å². The molecule has 0 radical (unpaired) electrons. The molecule has 1 aromatic rings. The maximum absolute atomic E-state index is 13.3. The lowest BCUT2D eigenvalue weighted by Gasteiger charge is -2.21. The van der Waals surface area contributed by atoms with Crippen molar-refractivity contribution in [2.45, 2.75) is 51.9 Å². The molecule has 1 aliphatic heterocycles. The van der Waals surface area contributed by atoms with Gasteiger partial charge in [-0.25, -0.2) is 4.79 Å². The molecule has 0 saturated carbocycles. The highest BCUT2D eigenvalue weighted by Gasteiger charge is 2.34. The first-order chi connectivity index (χ1) is 11.0. The summed E-state index contributed by atoms with van der Waals surface area (Å²) in [6.07, 6.45) is -3.22. The van der Waals surface area contributed by atoms with Crippen LogP contribution in [0.25, 0.3) is 0 Å². The van der Waals surface area contributed by atoms with Crippen LogP contribution >= 0.6 is 0 Å². The largest absolute Gasteiger partial charge is 0.444 e. The summed E-state index contributed by atoms with van der Waals surface area (Å²) in [5.74, 6) is 0. The number of carbonyl (C=O) groups is 1. The third-order valence-electron chi connectivity index (χ3n) is 3.65. The van der Waals surface area contributed by atoms with Gasteiger partial charge in [-0.1, -0.05) is 6.07 Å². The van der Waals surface area contributed by atoms with Gasteiger partial charge in [-0.2, -0.15) is 13.2 Å². The smallest absolute Gasteiger partial charge is 0.416 e. The topological polar surface area (TPSA) is 41.6 Å². The number of hydrogen-bond donors (Lipinski definition) is 1. The molecule has 0 aromatic heterocycles. The molecule has 1 fully saturated rings. The van der Waals surface area contributed by atoms with Gasteiger partial charge in [0.05, 0.1) is 5.56 Å². The molecule has 134 valence electrons. The Morgan fingerprint density at radius 2 is 1.83 bits per heavy atom. The fraction of sp³-hybridized carbons (Fsp3) is 0.588. The Bertz CT molecular complexity index is 588. The third-order valence-corrected chi connectivity index (χ3v) is 3.65. The highest BCUT2D eigenvalue weighted by molar-refractivity contribution is 5.85. The average Bonchev–Trinajstić information content (AvgIpc) is 2.90. The summed E-state index contributed by atoms with van der Waals surface area (Å²) in [6.45, 7) is 6.96. The van der Waals surface area contributed by atoms with Crippen LogP contribution in [-0.4, -0.2) is 29.7 Å². The number of carbonyl (C=O) groups excluding carboxylic acids is 1. The molecule has 2 rings (SSSR count). The Kier molecular flexibility index (Phi) is 5.42. The van der Waals surface area contributed by atoms with E-state index >= 15 is 0 Å². The maximum atomic E-state index is 13.3. The minimum absolute atomic E-state index is 0.0711. The normalized spacial score (nSPS) is 16.2. The summed E-state index contributed by atoms with van der Waals surface area (Å²) in [7, 11) is 0. The second-order valence-corrected chi connectivity index (χ2v) is 6.98. The van der Waals surface area contributed by atoms with Crippen molar-refractivity contribution in [2.24, 2.45) is 0 Å². The number of nitrogens with zero attached hydrogens (tertiary/aromatic N) is 1. The van der Waals surface area contributed by atoms with Crippen LogP contribution in [0.2, 0.25) is 0 Å². The van der Waals surface area contributed by atoms with E-state index in [0.29, 0.717) is 0 Å². The standard InChI is InChI=1S/C17H23F3N2O2/c1-16(2,3)24-15(23)21-13-7-6-12(11-22-8-4-5-9-22)14(10-13)17(18,19)20/h6-7,10H,4-5,8-9,11H2,1-3H3,(H,21,23). The van der Waals surface area contributed by atoms with Crippen LogP contribution in [-0.2, 0) is 17.5 Å². The Hall–Kier alpha value is -1.76. The van der Waals surface area contributed by atoms with Crippen LogP contribution in [0.4, 0.5) is 23.7 Å². The zero-order valence-corrected chi connectivity index (χ0v) is 14.2. The Morgan fingerprint density at radius 1 is 1.21 bits per heavy atom. The molecule has 4 nitrogen and oxygen atoms in total. The molecule has 1 amide bonds. The fourth-order valence-corrected chi connectivity index (χ4v) is 2.66. The summed E-state index contributed by atoms with van der Waals surface area (Å²) in [4.78, 5) is 13.7. The number of nitrogens with one attached hydrogen (secondary N) is 1. The summed E-state index contributed by atoms with van der Waals surface area (Å²) in [5.41, 5.74) is -1.14. The number of ether oxygens (including phenoxy) is 1. The van der Waals surface area contributed by atoms with E-state index in [1.54, 1.807) is 20.8 Å². The molecule has 1 aliphatic rings. The first-order valence-corrected chi connectivity index (χ1v) is 7.97. The Balaban J connectivity index is 2.18. The molecule has 7 heteroatoms. The molecule has 1 saturated heterocycles. The van der Waals surface area contributed by atoms with Crippen molar-refractivity contribution in [2.75, 3.05) is 18.4 Å². The molecule has 1 N–H and O–H groups in total. The number of rotatable bonds is 3. The quantitative estimate of drug-likeness (QED) is 0.868. The van der Waals surface area contributed by atoms with Crippen LogP contribution in [0.1, 0.15) is 44.7 Å².